The van der Waals surface area contributed by atoms with Crippen LogP contribution in [0.25, 0.3) is 0 Å². The molecule has 24 heavy (non-hydrogen) atoms. The molecular formula is C16H23N3O5. The van der Waals surface area contributed by atoms with Gasteiger partial charge in [0.05, 0.1) is 0 Å². The fourth-order valence-corrected chi connectivity index (χ4v) is 1.95. The lowest BCUT2D eigenvalue weighted by Gasteiger charge is -2.21. The summed E-state index contributed by atoms with van der Waals surface area (Å²) in [5, 5.41) is 0. The summed E-state index contributed by atoms with van der Waals surface area (Å²) in [7, 11) is 1.34. The summed E-state index contributed by atoms with van der Waals surface area (Å²) in [5.74, 6) is -1.77. The Morgan fingerprint density at radius 3 is 2.17 bits per heavy atom. The molecule has 0 atom stereocenters. The lowest BCUT2D eigenvalue weighted by atomic mass is 10.2. The molecule has 0 unspecified atom stereocenters. The number of carbonyl (C=O) groups is 3. The van der Waals surface area contributed by atoms with Gasteiger partial charge in [0.15, 0.2) is 6.61 Å². The molecule has 0 bridgehead atoms. The van der Waals surface area contributed by atoms with E-state index in [9.17, 15) is 14.4 Å². The molecule has 0 saturated heterocycles. The SMILES string of the molecule is CCN(CC)c1ccc(C(=O)NNC(=O)COC(=O)COC)cc1. The molecule has 0 radical (unpaired) electrons. The van der Waals surface area contributed by atoms with Crippen LogP contribution in [-0.4, -0.2) is 51.2 Å². The molecule has 2 N–H and O–H groups in total. The van der Waals surface area contributed by atoms with Crippen LogP contribution in [0.5, 0.6) is 0 Å². The molecule has 0 aliphatic carbocycles. The van der Waals surface area contributed by atoms with E-state index in [0.717, 1.165) is 18.8 Å². The van der Waals surface area contributed by atoms with Crippen molar-refractivity contribution in [3.05, 3.63) is 29.8 Å². The maximum absolute atomic E-state index is 11.9. The molecule has 0 aliphatic heterocycles. The van der Waals surface area contributed by atoms with Crippen LogP contribution in [0.2, 0.25) is 0 Å². The maximum atomic E-state index is 11.9. The number of esters is 1. The third-order valence-electron chi connectivity index (χ3n) is 3.20. The predicted octanol–water partition coefficient (Wildman–Crippen LogP) is 0.483. The van der Waals surface area contributed by atoms with E-state index in [1.165, 1.54) is 7.11 Å². The quantitative estimate of drug-likeness (QED) is 0.529. The number of hydrogen-bond donors (Lipinski definition) is 2. The van der Waals surface area contributed by atoms with Crippen molar-refractivity contribution in [3.63, 3.8) is 0 Å². The van der Waals surface area contributed by atoms with Crippen LogP contribution >= 0.6 is 0 Å². The largest absolute Gasteiger partial charge is 0.454 e. The van der Waals surface area contributed by atoms with Crippen molar-refractivity contribution in [2.45, 2.75) is 13.8 Å². The third kappa shape index (κ3) is 6.25. The van der Waals surface area contributed by atoms with Crippen molar-refractivity contribution in [2.24, 2.45) is 0 Å². The monoisotopic (exact) mass is 337 g/mol. The number of methoxy groups -OCH3 is 1. The number of ether oxygens (including phenoxy) is 2. The smallest absolute Gasteiger partial charge is 0.332 e. The molecule has 0 heterocycles. The minimum absolute atomic E-state index is 0.238. The van der Waals surface area contributed by atoms with E-state index in [4.69, 9.17) is 0 Å². The molecule has 8 nitrogen and oxygen atoms in total. The van der Waals surface area contributed by atoms with Gasteiger partial charge in [-0.05, 0) is 38.1 Å². The highest BCUT2D eigenvalue weighted by molar-refractivity contribution is 5.95. The van der Waals surface area contributed by atoms with Gasteiger partial charge >= 0.3 is 5.97 Å². The zero-order chi connectivity index (χ0) is 17.9. The normalized spacial score (nSPS) is 9.96. The van der Waals surface area contributed by atoms with Gasteiger partial charge in [-0.25, -0.2) is 4.79 Å². The Labute approximate surface area is 141 Å². The van der Waals surface area contributed by atoms with E-state index in [-0.39, 0.29) is 6.61 Å². The minimum atomic E-state index is -0.661. The van der Waals surface area contributed by atoms with E-state index >= 15 is 0 Å². The van der Waals surface area contributed by atoms with Gasteiger partial charge < -0.3 is 14.4 Å². The summed E-state index contributed by atoms with van der Waals surface area (Å²) in [5.41, 5.74) is 5.85. The molecule has 0 fully saturated rings. The van der Waals surface area contributed by atoms with Crippen LogP contribution in [0.4, 0.5) is 5.69 Å². The lowest BCUT2D eigenvalue weighted by molar-refractivity contribution is -0.152. The number of anilines is 1. The molecule has 0 aromatic heterocycles. The van der Waals surface area contributed by atoms with Gasteiger partial charge in [-0.2, -0.15) is 0 Å². The van der Waals surface area contributed by atoms with Crippen molar-refractivity contribution in [1.82, 2.24) is 10.9 Å². The first-order valence-corrected chi connectivity index (χ1v) is 7.60. The fraction of sp³-hybridized carbons (Fsp3) is 0.438. The molecule has 0 saturated carbocycles. The first-order valence-electron chi connectivity index (χ1n) is 7.60. The Balaban J connectivity index is 2.45. The second-order valence-corrected chi connectivity index (χ2v) is 4.82. The van der Waals surface area contributed by atoms with Crippen molar-refractivity contribution in [1.29, 1.82) is 0 Å². The lowest BCUT2D eigenvalue weighted by Crippen LogP contribution is -2.43. The van der Waals surface area contributed by atoms with E-state index in [1.54, 1.807) is 12.1 Å². The van der Waals surface area contributed by atoms with Gasteiger partial charge in [0.25, 0.3) is 11.8 Å². The van der Waals surface area contributed by atoms with Gasteiger partial charge in [-0.1, -0.05) is 0 Å². The van der Waals surface area contributed by atoms with E-state index in [0.29, 0.717) is 5.56 Å². The highest BCUT2D eigenvalue weighted by Crippen LogP contribution is 2.14. The molecule has 132 valence electrons. The van der Waals surface area contributed by atoms with E-state index in [1.807, 2.05) is 12.1 Å². The van der Waals surface area contributed by atoms with Crippen LogP contribution in [0.1, 0.15) is 24.2 Å². The summed E-state index contributed by atoms with van der Waals surface area (Å²) < 4.78 is 9.17. The van der Waals surface area contributed by atoms with Crippen molar-refractivity contribution >= 4 is 23.5 Å². The molecule has 1 rings (SSSR count). The highest BCUT2D eigenvalue weighted by Gasteiger charge is 2.10. The number of carbonyl (C=O) groups excluding carboxylic acids is 3. The van der Waals surface area contributed by atoms with Gasteiger partial charge in [0.1, 0.15) is 6.61 Å². The van der Waals surface area contributed by atoms with Gasteiger partial charge in [-0.3, -0.25) is 20.4 Å². The van der Waals surface area contributed by atoms with Crippen LogP contribution in [-0.2, 0) is 19.1 Å². The van der Waals surface area contributed by atoms with Gasteiger partial charge in [-0.15, -0.1) is 0 Å². The van der Waals surface area contributed by atoms with E-state index in [2.05, 4.69) is 39.1 Å². The molecule has 2 amide bonds. The Bertz CT molecular complexity index is 555. The maximum Gasteiger partial charge on any atom is 0.332 e. The minimum Gasteiger partial charge on any atom is -0.454 e. The Kier molecular flexibility index (Phi) is 8.28. The molecule has 1 aromatic rings. The summed E-state index contributed by atoms with van der Waals surface area (Å²) in [6.07, 6.45) is 0. The summed E-state index contributed by atoms with van der Waals surface area (Å²) in [4.78, 5) is 36.6. The van der Waals surface area contributed by atoms with Crippen molar-refractivity contribution in [2.75, 3.05) is 38.3 Å². The van der Waals surface area contributed by atoms with Crippen LogP contribution in [0.15, 0.2) is 24.3 Å². The first kappa shape index (κ1) is 19.4. The average Bonchev–Trinajstić information content (AvgIpc) is 2.59. The van der Waals surface area contributed by atoms with Crippen LogP contribution in [0, 0.1) is 0 Å². The predicted molar refractivity (Wildman–Crippen MR) is 88.4 cm³/mol. The third-order valence-corrected chi connectivity index (χ3v) is 3.20. The van der Waals surface area contributed by atoms with Crippen molar-refractivity contribution < 1.29 is 23.9 Å². The average molecular weight is 337 g/mol. The number of amides is 2. The second-order valence-electron chi connectivity index (χ2n) is 4.82. The number of rotatable bonds is 8. The summed E-state index contributed by atoms with van der Waals surface area (Å²) in [6, 6.07) is 7.04. The standard InChI is InChI=1S/C16H23N3O5/c1-4-19(5-2)13-8-6-12(7-9-13)16(22)18-17-14(20)10-24-15(21)11-23-3/h6-9H,4-5,10-11H2,1-3H3,(H,17,20)(H,18,22). The molecule has 0 aliphatic rings. The number of hydrogen-bond acceptors (Lipinski definition) is 6. The first-order chi connectivity index (χ1) is 11.5. The van der Waals surface area contributed by atoms with Gasteiger partial charge in [0.2, 0.25) is 0 Å². The number of nitrogens with zero attached hydrogens (tertiary/aromatic N) is 1. The fourth-order valence-electron chi connectivity index (χ4n) is 1.95. The molecular weight excluding hydrogens is 314 g/mol. The Morgan fingerprint density at radius 1 is 1.00 bits per heavy atom. The van der Waals surface area contributed by atoms with Crippen LogP contribution in [0.3, 0.4) is 0 Å². The zero-order valence-electron chi connectivity index (χ0n) is 14.1. The highest BCUT2D eigenvalue weighted by atomic mass is 16.6. The number of benzene rings is 1. The zero-order valence-corrected chi connectivity index (χ0v) is 14.1. The summed E-state index contributed by atoms with van der Waals surface area (Å²) >= 11 is 0. The van der Waals surface area contributed by atoms with Crippen LogP contribution < -0.4 is 15.8 Å². The summed E-state index contributed by atoms with van der Waals surface area (Å²) in [6.45, 7) is 5.12. The second kappa shape index (κ2) is 10.2. The van der Waals surface area contributed by atoms with Crippen molar-refractivity contribution in [3.8, 4) is 0 Å². The Hall–Kier alpha value is -2.61. The topological polar surface area (TPSA) is 97.0 Å². The molecule has 0 spiro atoms. The molecule has 1 aromatic carbocycles. The number of nitrogens with one attached hydrogen (secondary N) is 2. The molecule has 8 heteroatoms. The Morgan fingerprint density at radius 2 is 1.62 bits per heavy atom. The number of hydrazine groups is 1. The van der Waals surface area contributed by atoms with E-state index < -0.39 is 24.4 Å². The van der Waals surface area contributed by atoms with Gasteiger partial charge in [0, 0.05) is 31.5 Å².